The SMILES string of the molecule is CCC1NC(CC(C)C)N(CCC2CCC2)C1=O. The molecule has 1 aliphatic carbocycles. The van der Waals surface area contributed by atoms with Gasteiger partial charge >= 0.3 is 0 Å². The first-order valence-electron chi connectivity index (χ1n) is 7.68. The number of carbonyl (C=O) groups is 1. The Labute approximate surface area is 111 Å². The molecule has 1 saturated heterocycles. The molecular weight excluding hydrogens is 224 g/mol. The van der Waals surface area contributed by atoms with E-state index >= 15 is 0 Å². The molecule has 2 aliphatic rings. The van der Waals surface area contributed by atoms with Crippen LogP contribution in [0.5, 0.6) is 0 Å². The van der Waals surface area contributed by atoms with Gasteiger partial charge in [-0.2, -0.15) is 0 Å². The van der Waals surface area contributed by atoms with Crippen molar-refractivity contribution < 1.29 is 4.79 Å². The van der Waals surface area contributed by atoms with Gasteiger partial charge in [-0.15, -0.1) is 0 Å². The lowest BCUT2D eigenvalue weighted by Gasteiger charge is -2.30. The molecule has 0 radical (unpaired) electrons. The molecule has 104 valence electrons. The first-order valence-corrected chi connectivity index (χ1v) is 7.68. The summed E-state index contributed by atoms with van der Waals surface area (Å²) in [7, 11) is 0. The Morgan fingerprint density at radius 3 is 2.61 bits per heavy atom. The predicted molar refractivity (Wildman–Crippen MR) is 74.1 cm³/mol. The van der Waals surface area contributed by atoms with Crippen LogP contribution in [0.1, 0.15) is 59.3 Å². The largest absolute Gasteiger partial charge is 0.326 e. The van der Waals surface area contributed by atoms with Gasteiger partial charge in [-0.3, -0.25) is 10.1 Å². The average molecular weight is 252 g/mol. The summed E-state index contributed by atoms with van der Waals surface area (Å²) in [6, 6.07) is 0.0649. The van der Waals surface area contributed by atoms with Crippen LogP contribution in [0.15, 0.2) is 0 Å². The third kappa shape index (κ3) is 3.05. The predicted octanol–water partition coefficient (Wildman–Crippen LogP) is 2.76. The van der Waals surface area contributed by atoms with Crippen LogP contribution < -0.4 is 5.32 Å². The lowest BCUT2D eigenvalue weighted by Crippen LogP contribution is -2.39. The summed E-state index contributed by atoms with van der Waals surface area (Å²) < 4.78 is 0. The molecular formula is C15H28N2O. The number of hydrogen-bond donors (Lipinski definition) is 1. The minimum Gasteiger partial charge on any atom is -0.326 e. The van der Waals surface area contributed by atoms with Gasteiger partial charge in [0.05, 0.1) is 12.2 Å². The number of rotatable bonds is 6. The number of nitrogens with one attached hydrogen (secondary N) is 1. The summed E-state index contributed by atoms with van der Waals surface area (Å²) in [5, 5.41) is 3.51. The Hall–Kier alpha value is -0.570. The third-order valence-corrected chi connectivity index (χ3v) is 4.46. The van der Waals surface area contributed by atoms with E-state index in [4.69, 9.17) is 0 Å². The number of nitrogens with zero attached hydrogens (tertiary/aromatic N) is 1. The van der Waals surface area contributed by atoms with Gasteiger partial charge in [0.1, 0.15) is 0 Å². The maximum Gasteiger partial charge on any atom is 0.241 e. The van der Waals surface area contributed by atoms with E-state index in [2.05, 4.69) is 31.0 Å². The van der Waals surface area contributed by atoms with E-state index in [1.165, 1.54) is 25.7 Å². The Balaban J connectivity index is 1.90. The van der Waals surface area contributed by atoms with Crippen molar-refractivity contribution >= 4 is 5.91 Å². The normalized spacial score (nSPS) is 29.1. The van der Waals surface area contributed by atoms with E-state index in [0.29, 0.717) is 11.8 Å². The van der Waals surface area contributed by atoms with E-state index in [1.54, 1.807) is 0 Å². The fourth-order valence-electron chi connectivity index (χ4n) is 3.05. The van der Waals surface area contributed by atoms with Crippen molar-refractivity contribution in [3.05, 3.63) is 0 Å². The maximum absolute atomic E-state index is 12.3. The molecule has 1 saturated carbocycles. The van der Waals surface area contributed by atoms with Crippen molar-refractivity contribution in [2.45, 2.75) is 71.5 Å². The second-order valence-electron chi connectivity index (χ2n) is 6.39. The van der Waals surface area contributed by atoms with E-state index in [9.17, 15) is 4.79 Å². The topological polar surface area (TPSA) is 32.3 Å². The molecule has 1 aliphatic heterocycles. The lowest BCUT2D eigenvalue weighted by molar-refractivity contribution is -0.130. The number of amides is 1. The molecule has 0 aromatic carbocycles. The molecule has 2 atom stereocenters. The first kappa shape index (κ1) is 13.9. The van der Waals surface area contributed by atoms with Gasteiger partial charge in [0.15, 0.2) is 0 Å². The second-order valence-corrected chi connectivity index (χ2v) is 6.39. The minimum absolute atomic E-state index is 0.0649. The highest BCUT2D eigenvalue weighted by atomic mass is 16.2. The number of hydrogen-bond acceptors (Lipinski definition) is 2. The molecule has 0 aromatic heterocycles. The van der Waals surface area contributed by atoms with Crippen LogP contribution in [-0.2, 0) is 4.79 Å². The van der Waals surface area contributed by atoms with Crippen LogP contribution in [0.25, 0.3) is 0 Å². The molecule has 2 fully saturated rings. The summed E-state index contributed by atoms with van der Waals surface area (Å²) in [5.74, 6) is 1.86. The summed E-state index contributed by atoms with van der Waals surface area (Å²) >= 11 is 0. The van der Waals surface area contributed by atoms with Crippen LogP contribution in [0.4, 0.5) is 0 Å². The third-order valence-electron chi connectivity index (χ3n) is 4.46. The summed E-state index contributed by atoms with van der Waals surface area (Å²) in [5.41, 5.74) is 0. The fraction of sp³-hybridized carbons (Fsp3) is 0.933. The zero-order valence-corrected chi connectivity index (χ0v) is 12.1. The molecule has 1 heterocycles. The highest BCUT2D eigenvalue weighted by Gasteiger charge is 2.37. The molecule has 1 amide bonds. The first-order chi connectivity index (χ1) is 8.61. The Bertz CT molecular complexity index is 286. The molecule has 3 nitrogen and oxygen atoms in total. The van der Waals surface area contributed by atoms with Crippen LogP contribution in [0.3, 0.4) is 0 Å². The van der Waals surface area contributed by atoms with Crippen molar-refractivity contribution in [2.24, 2.45) is 11.8 Å². The highest BCUT2D eigenvalue weighted by molar-refractivity contribution is 5.84. The van der Waals surface area contributed by atoms with Gasteiger partial charge in [-0.25, -0.2) is 0 Å². The average Bonchev–Trinajstić information content (AvgIpc) is 2.53. The molecule has 18 heavy (non-hydrogen) atoms. The zero-order chi connectivity index (χ0) is 13.1. The van der Waals surface area contributed by atoms with Crippen LogP contribution in [0, 0.1) is 11.8 Å². The Kier molecular flexibility index (Phi) is 4.66. The monoisotopic (exact) mass is 252 g/mol. The standard InChI is InChI=1S/C15H28N2O/c1-4-13-15(18)17(9-8-12-6-5-7-12)14(16-13)10-11(2)3/h11-14,16H,4-10H2,1-3H3. The van der Waals surface area contributed by atoms with Gasteiger partial charge in [-0.05, 0) is 31.1 Å². The molecule has 2 unspecified atom stereocenters. The maximum atomic E-state index is 12.3. The van der Waals surface area contributed by atoms with Crippen LogP contribution in [0.2, 0.25) is 0 Å². The van der Waals surface area contributed by atoms with Crippen molar-refractivity contribution in [3.63, 3.8) is 0 Å². The second kappa shape index (κ2) is 6.05. The molecule has 2 rings (SSSR count). The van der Waals surface area contributed by atoms with Gasteiger partial charge in [-0.1, -0.05) is 40.0 Å². The van der Waals surface area contributed by atoms with E-state index in [1.807, 2.05) is 0 Å². The van der Waals surface area contributed by atoms with E-state index < -0.39 is 0 Å². The van der Waals surface area contributed by atoms with Crippen LogP contribution in [-0.4, -0.2) is 29.6 Å². The fourth-order valence-corrected chi connectivity index (χ4v) is 3.05. The van der Waals surface area contributed by atoms with Crippen molar-refractivity contribution in [3.8, 4) is 0 Å². The van der Waals surface area contributed by atoms with Gasteiger partial charge in [0.2, 0.25) is 5.91 Å². The van der Waals surface area contributed by atoms with Gasteiger partial charge in [0.25, 0.3) is 0 Å². The smallest absolute Gasteiger partial charge is 0.241 e. The summed E-state index contributed by atoms with van der Waals surface area (Å²) in [6.45, 7) is 7.52. The van der Waals surface area contributed by atoms with Crippen LogP contribution >= 0.6 is 0 Å². The van der Waals surface area contributed by atoms with Gasteiger partial charge in [0, 0.05) is 6.54 Å². The van der Waals surface area contributed by atoms with Crippen molar-refractivity contribution in [2.75, 3.05) is 6.54 Å². The van der Waals surface area contributed by atoms with Crippen molar-refractivity contribution in [1.82, 2.24) is 10.2 Å². The summed E-state index contributed by atoms with van der Waals surface area (Å²) in [6.07, 6.45) is 7.62. The van der Waals surface area contributed by atoms with Crippen molar-refractivity contribution in [1.29, 1.82) is 0 Å². The lowest BCUT2D eigenvalue weighted by atomic mass is 9.83. The molecule has 3 heteroatoms. The number of carbonyl (C=O) groups excluding carboxylic acids is 1. The van der Waals surface area contributed by atoms with Gasteiger partial charge < -0.3 is 4.90 Å². The van der Waals surface area contributed by atoms with E-state index in [0.717, 1.165) is 25.3 Å². The highest BCUT2D eigenvalue weighted by Crippen LogP contribution is 2.30. The molecule has 1 N–H and O–H groups in total. The Morgan fingerprint density at radius 2 is 2.11 bits per heavy atom. The zero-order valence-electron chi connectivity index (χ0n) is 12.1. The quantitative estimate of drug-likeness (QED) is 0.788. The summed E-state index contributed by atoms with van der Waals surface area (Å²) in [4.78, 5) is 14.4. The molecule has 0 bridgehead atoms. The Morgan fingerprint density at radius 1 is 1.39 bits per heavy atom. The van der Waals surface area contributed by atoms with E-state index in [-0.39, 0.29) is 12.2 Å². The molecule has 0 aromatic rings. The molecule has 0 spiro atoms. The minimum atomic E-state index is 0.0649.